The van der Waals surface area contributed by atoms with Crippen molar-refractivity contribution in [3.8, 4) is 10.7 Å². The molecule has 3 rings (SSSR count). The number of carbonyl (C=O) groups is 1. The summed E-state index contributed by atoms with van der Waals surface area (Å²) in [7, 11) is 0. The highest BCUT2D eigenvalue weighted by Crippen LogP contribution is 2.21. The van der Waals surface area contributed by atoms with Crippen LogP contribution in [0, 0.1) is 5.92 Å². The topological polar surface area (TPSA) is 54.9 Å². The largest absolute Gasteiger partial charge is 0.356 e. The SMILES string of the molecule is CC(CNC(=O)CCc1csc(-c2ccccn2)n1)Cc1ccccc1. The maximum absolute atomic E-state index is 12.1. The zero-order chi connectivity index (χ0) is 18.2. The van der Waals surface area contributed by atoms with E-state index in [1.807, 2.05) is 41.8 Å². The van der Waals surface area contributed by atoms with Crippen LogP contribution in [0.4, 0.5) is 0 Å². The van der Waals surface area contributed by atoms with E-state index in [0.717, 1.165) is 22.8 Å². The number of nitrogens with one attached hydrogen (secondary N) is 1. The van der Waals surface area contributed by atoms with E-state index in [9.17, 15) is 4.79 Å². The van der Waals surface area contributed by atoms with Crippen molar-refractivity contribution in [2.75, 3.05) is 6.54 Å². The summed E-state index contributed by atoms with van der Waals surface area (Å²) in [6, 6.07) is 16.2. The molecule has 0 aliphatic heterocycles. The molecule has 4 nitrogen and oxygen atoms in total. The first-order chi connectivity index (χ1) is 12.7. The molecule has 0 bridgehead atoms. The maximum atomic E-state index is 12.1. The highest BCUT2D eigenvalue weighted by molar-refractivity contribution is 7.13. The Bertz CT molecular complexity index is 818. The minimum atomic E-state index is 0.0808. The number of aryl methyl sites for hydroxylation is 1. The highest BCUT2D eigenvalue weighted by atomic mass is 32.1. The van der Waals surface area contributed by atoms with E-state index in [1.165, 1.54) is 5.56 Å². The summed E-state index contributed by atoms with van der Waals surface area (Å²) in [5.74, 6) is 0.494. The van der Waals surface area contributed by atoms with Gasteiger partial charge in [-0.3, -0.25) is 9.78 Å². The first-order valence-corrected chi connectivity index (χ1v) is 9.75. The Morgan fingerprint density at radius 1 is 1.15 bits per heavy atom. The zero-order valence-electron chi connectivity index (χ0n) is 14.9. The van der Waals surface area contributed by atoms with E-state index in [1.54, 1.807) is 17.5 Å². The number of hydrogen-bond donors (Lipinski definition) is 1. The standard InChI is InChI=1S/C21H23N3OS/c1-16(13-17-7-3-2-4-8-17)14-23-20(25)11-10-18-15-26-21(24-18)19-9-5-6-12-22-19/h2-9,12,15-16H,10-11,13-14H2,1H3,(H,23,25). The van der Waals surface area contributed by atoms with E-state index in [2.05, 4.69) is 34.3 Å². The van der Waals surface area contributed by atoms with E-state index in [4.69, 9.17) is 0 Å². The Morgan fingerprint density at radius 2 is 1.96 bits per heavy atom. The molecule has 1 amide bonds. The van der Waals surface area contributed by atoms with Crippen LogP contribution in [0.1, 0.15) is 24.6 Å². The third kappa shape index (κ3) is 5.49. The number of nitrogens with zero attached hydrogens (tertiary/aromatic N) is 2. The van der Waals surface area contributed by atoms with Gasteiger partial charge in [-0.2, -0.15) is 0 Å². The van der Waals surface area contributed by atoms with Crippen molar-refractivity contribution < 1.29 is 4.79 Å². The van der Waals surface area contributed by atoms with Crippen molar-refractivity contribution in [3.05, 3.63) is 71.4 Å². The number of amides is 1. The summed E-state index contributed by atoms with van der Waals surface area (Å²) >= 11 is 1.57. The molecule has 3 aromatic rings. The molecule has 0 radical (unpaired) electrons. The van der Waals surface area contributed by atoms with Crippen LogP contribution in [0.5, 0.6) is 0 Å². The van der Waals surface area contributed by atoms with Crippen LogP contribution in [0.3, 0.4) is 0 Å². The second kappa shape index (κ2) is 9.25. The van der Waals surface area contributed by atoms with Crippen LogP contribution in [-0.4, -0.2) is 22.4 Å². The van der Waals surface area contributed by atoms with Crippen LogP contribution >= 0.6 is 11.3 Å². The molecular formula is C21H23N3OS. The molecule has 1 unspecified atom stereocenters. The lowest BCUT2D eigenvalue weighted by molar-refractivity contribution is -0.121. The van der Waals surface area contributed by atoms with Gasteiger partial charge < -0.3 is 5.32 Å². The highest BCUT2D eigenvalue weighted by Gasteiger charge is 2.09. The van der Waals surface area contributed by atoms with Crippen molar-refractivity contribution in [2.45, 2.75) is 26.2 Å². The molecule has 26 heavy (non-hydrogen) atoms. The summed E-state index contributed by atoms with van der Waals surface area (Å²) in [6.07, 6.45) is 3.85. The average molecular weight is 366 g/mol. The maximum Gasteiger partial charge on any atom is 0.220 e. The van der Waals surface area contributed by atoms with Gasteiger partial charge in [0.1, 0.15) is 5.01 Å². The normalized spacial score (nSPS) is 11.9. The second-order valence-corrected chi connectivity index (χ2v) is 7.32. The van der Waals surface area contributed by atoms with Gasteiger partial charge in [0.05, 0.1) is 11.4 Å². The fourth-order valence-corrected chi connectivity index (χ4v) is 3.57. The van der Waals surface area contributed by atoms with Crippen LogP contribution in [0.2, 0.25) is 0 Å². The smallest absolute Gasteiger partial charge is 0.220 e. The summed E-state index contributed by atoms with van der Waals surface area (Å²) < 4.78 is 0. The lowest BCUT2D eigenvalue weighted by Gasteiger charge is -2.12. The minimum absolute atomic E-state index is 0.0808. The van der Waals surface area contributed by atoms with E-state index in [-0.39, 0.29) is 5.91 Å². The van der Waals surface area contributed by atoms with Gasteiger partial charge >= 0.3 is 0 Å². The Hall–Kier alpha value is -2.53. The molecule has 0 saturated carbocycles. The molecule has 5 heteroatoms. The number of benzene rings is 1. The molecule has 0 saturated heterocycles. The van der Waals surface area contributed by atoms with Crippen molar-refractivity contribution in [1.82, 2.24) is 15.3 Å². The Balaban J connectivity index is 1.41. The number of carbonyl (C=O) groups excluding carboxylic acids is 1. The predicted molar refractivity (Wildman–Crippen MR) is 106 cm³/mol. The molecule has 2 aromatic heterocycles. The molecule has 1 atom stereocenters. The Morgan fingerprint density at radius 3 is 2.73 bits per heavy atom. The van der Waals surface area contributed by atoms with Gasteiger partial charge in [0.2, 0.25) is 5.91 Å². The monoisotopic (exact) mass is 365 g/mol. The molecule has 1 N–H and O–H groups in total. The van der Waals surface area contributed by atoms with Gasteiger partial charge in [-0.1, -0.05) is 43.3 Å². The third-order valence-electron chi connectivity index (χ3n) is 4.12. The molecule has 0 spiro atoms. The Labute approximate surface area is 158 Å². The first kappa shape index (κ1) is 18.3. The fourth-order valence-electron chi connectivity index (χ4n) is 2.74. The van der Waals surface area contributed by atoms with Crippen molar-refractivity contribution in [2.24, 2.45) is 5.92 Å². The molecule has 0 aliphatic rings. The lowest BCUT2D eigenvalue weighted by atomic mass is 10.0. The van der Waals surface area contributed by atoms with Gasteiger partial charge in [0.15, 0.2) is 0 Å². The van der Waals surface area contributed by atoms with Gasteiger partial charge in [0, 0.05) is 24.5 Å². The minimum Gasteiger partial charge on any atom is -0.356 e. The zero-order valence-corrected chi connectivity index (χ0v) is 15.7. The van der Waals surface area contributed by atoms with Gasteiger partial charge in [0.25, 0.3) is 0 Å². The van der Waals surface area contributed by atoms with Crippen molar-refractivity contribution in [1.29, 1.82) is 0 Å². The van der Waals surface area contributed by atoms with E-state index < -0.39 is 0 Å². The van der Waals surface area contributed by atoms with Gasteiger partial charge in [-0.15, -0.1) is 11.3 Å². The van der Waals surface area contributed by atoms with Gasteiger partial charge in [-0.05, 0) is 36.5 Å². The second-order valence-electron chi connectivity index (χ2n) is 6.46. The fraction of sp³-hybridized carbons (Fsp3) is 0.286. The molecule has 134 valence electrons. The van der Waals surface area contributed by atoms with Crippen LogP contribution in [0.15, 0.2) is 60.1 Å². The lowest BCUT2D eigenvalue weighted by Crippen LogP contribution is -2.29. The molecular weight excluding hydrogens is 342 g/mol. The number of hydrogen-bond acceptors (Lipinski definition) is 4. The van der Waals surface area contributed by atoms with Crippen molar-refractivity contribution in [3.63, 3.8) is 0 Å². The summed E-state index contributed by atoms with van der Waals surface area (Å²) in [4.78, 5) is 21.0. The van der Waals surface area contributed by atoms with Gasteiger partial charge in [-0.25, -0.2) is 4.98 Å². The number of pyridine rings is 1. The summed E-state index contributed by atoms with van der Waals surface area (Å²) in [5, 5.41) is 5.95. The average Bonchev–Trinajstić information content (AvgIpc) is 3.15. The number of rotatable bonds is 8. The molecule has 0 fully saturated rings. The van der Waals surface area contributed by atoms with Crippen molar-refractivity contribution >= 4 is 17.2 Å². The summed E-state index contributed by atoms with van der Waals surface area (Å²) in [5.41, 5.74) is 3.13. The molecule has 1 aromatic carbocycles. The predicted octanol–water partition coefficient (Wildman–Crippen LogP) is 4.13. The molecule has 0 aliphatic carbocycles. The van der Waals surface area contributed by atoms with E-state index in [0.29, 0.717) is 25.3 Å². The number of aromatic nitrogens is 2. The van der Waals surface area contributed by atoms with E-state index >= 15 is 0 Å². The quantitative estimate of drug-likeness (QED) is 0.653. The Kier molecular flexibility index (Phi) is 6.50. The van der Waals surface area contributed by atoms with Crippen LogP contribution < -0.4 is 5.32 Å². The molecule has 2 heterocycles. The number of thiazole rings is 1. The summed E-state index contributed by atoms with van der Waals surface area (Å²) in [6.45, 7) is 2.86. The third-order valence-corrected chi connectivity index (χ3v) is 5.03. The first-order valence-electron chi connectivity index (χ1n) is 8.87. The van der Waals surface area contributed by atoms with Crippen LogP contribution in [-0.2, 0) is 17.6 Å². The van der Waals surface area contributed by atoms with Crippen LogP contribution in [0.25, 0.3) is 10.7 Å².